The fourth-order valence-electron chi connectivity index (χ4n) is 5.61. The van der Waals surface area contributed by atoms with Gasteiger partial charge in [-0.25, -0.2) is 9.97 Å². The van der Waals surface area contributed by atoms with Crippen LogP contribution in [0.15, 0.2) is 43.5 Å². The van der Waals surface area contributed by atoms with Crippen LogP contribution in [0.1, 0.15) is 85.1 Å². The largest absolute Gasteiger partial charge is 2.00 e. The monoisotopic (exact) mass is 662 g/mol. The van der Waals surface area contributed by atoms with Gasteiger partial charge in [-0.2, -0.15) is 0 Å². The van der Waals surface area contributed by atoms with Crippen LogP contribution >= 0.6 is 0 Å². The van der Waals surface area contributed by atoms with Crippen LogP contribution in [0.4, 0.5) is 0 Å². The molecule has 0 saturated heterocycles. The number of allylic oxidation sites excluding steroid dienone is 5. The van der Waals surface area contributed by atoms with Gasteiger partial charge in [0.2, 0.25) is 0 Å². The fraction of sp³-hybridized carbons (Fsp3) is 0.278. The predicted molar refractivity (Wildman–Crippen MR) is 179 cm³/mol. The Morgan fingerprint density at radius 3 is 1.85 bits per heavy atom. The normalized spacial score (nSPS) is 12.3. The SMILES string of the molecule is C=CC1=C(C)c2cc3[n-]c(cc4nc(cc5[n-]c(cc1n2)c(C)c5C=C)C(C)=C4CCC(=O)O)c(CCC(=O)O)c3C.CCO.[Fe+2]. The van der Waals surface area contributed by atoms with E-state index in [2.05, 4.69) is 13.2 Å². The van der Waals surface area contributed by atoms with E-state index in [4.69, 9.17) is 25.0 Å². The number of aliphatic hydroxyl groups excluding tert-OH is 1. The van der Waals surface area contributed by atoms with E-state index in [1.165, 1.54) is 0 Å². The Kier molecular flexibility index (Phi) is 11.9. The molecule has 0 spiro atoms. The second kappa shape index (κ2) is 15.2. The van der Waals surface area contributed by atoms with Crippen molar-refractivity contribution in [2.45, 2.75) is 60.3 Å². The third kappa shape index (κ3) is 7.31. The van der Waals surface area contributed by atoms with Gasteiger partial charge < -0.3 is 25.3 Å². The first-order valence-corrected chi connectivity index (χ1v) is 14.8. The van der Waals surface area contributed by atoms with Gasteiger partial charge in [-0.1, -0.05) is 66.3 Å². The number of carbonyl (C=O) groups is 2. The van der Waals surface area contributed by atoms with Crippen molar-refractivity contribution in [1.29, 1.82) is 0 Å². The van der Waals surface area contributed by atoms with Gasteiger partial charge in [0, 0.05) is 25.0 Å². The molecule has 0 fully saturated rings. The molecule has 3 aromatic rings. The van der Waals surface area contributed by atoms with Crippen molar-refractivity contribution in [1.82, 2.24) is 19.9 Å². The molecule has 0 saturated carbocycles. The van der Waals surface area contributed by atoms with Crippen molar-refractivity contribution in [3.63, 3.8) is 0 Å². The molecule has 240 valence electrons. The number of nitrogens with zero attached hydrogens (tertiary/aromatic N) is 4. The molecule has 5 rings (SSSR count). The van der Waals surface area contributed by atoms with Crippen molar-refractivity contribution < 1.29 is 42.0 Å². The summed E-state index contributed by atoms with van der Waals surface area (Å²) in [5, 5.41) is 26.4. The number of aryl methyl sites for hydroxylation is 3. The van der Waals surface area contributed by atoms with Crippen molar-refractivity contribution in [3.8, 4) is 0 Å². The Morgan fingerprint density at radius 1 is 0.739 bits per heavy atom. The van der Waals surface area contributed by atoms with Crippen molar-refractivity contribution in [2.24, 2.45) is 0 Å². The van der Waals surface area contributed by atoms with Gasteiger partial charge in [-0.3, -0.25) is 9.59 Å². The number of aliphatic carboxylic acids is 2. The van der Waals surface area contributed by atoms with Crippen LogP contribution in [0.2, 0.25) is 0 Å². The third-order valence-corrected chi connectivity index (χ3v) is 8.06. The number of carboxylic acids is 2. The molecule has 3 N–H and O–H groups in total. The number of hydrogen-bond acceptors (Lipinski definition) is 5. The standard InChI is InChI=1S/C34H34N4O4.C2H6O.Fe/c1-7-21-17(3)25-13-26-19(5)23(9-11-33(39)40)31(37-26)16-32-24(10-12-34(41)42)20(6)28(38-32)15-30-22(8-2)18(4)27(36-30)14-29(21)35-25;1-2-3;/h7-8,13-16H,1-2,9-12H2,3-6H3,(H4,35,36,37,38,39,40,41,42);3H,2H2,1H3;/q;;+2/p-2. The minimum atomic E-state index is -0.898. The smallest absolute Gasteiger partial charge is 0.657 e. The zero-order valence-electron chi connectivity index (χ0n) is 26.7. The number of rotatable bonds is 8. The quantitative estimate of drug-likeness (QED) is 0.223. The molecule has 10 heteroatoms. The molecule has 2 aliphatic heterocycles. The van der Waals surface area contributed by atoms with Gasteiger partial charge >= 0.3 is 29.0 Å². The van der Waals surface area contributed by atoms with Crippen LogP contribution in [0, 0.1) is 13.8 Å². The zero-order valence-corrected chi connectivity index (χ0v) is 27.8. The first-order valence-electron chi connectivity index (χ1n) is 14.8. The van der Waals surface area contributed by atoms with Crippen molar-refractivity contribution >= 4 is 62.4 Å². The fourth-order valence-corrected chi connectivity index (χ4v) is 5.61. The molecule has 3 aromatic heterocycles. The van der Waals surface area contributed by atoms with E-state index in [0.717, 1.165) is 61.5 Å². The molecule has 0 aromatic carbocycles. The van der Waals surface area contributed by atoms with Gasteiger partial charge in [0.1, 0.15) is 0 Å². The maximum Gasteiger partial charge on any atom is 2.00 e. The van der Waals surface area contributed by atoms with Crippen LogP contribution in [0.5, 0.6) is 0 Å². The summed E-state index contributed by atoms with van der Waals surface area (Å²) in [6.45, 7) is 17.8. The van der Waals surface area contributed by atoms with Crippen molar-refractivity contribution in [3.05, 3.63) is 88.5 Å². The molecule has 9 nitrogen and oxygen atoms in total. The second-order valence-corrected chi connectivity index (χ2v) is 10.9. The summed E-state index contributed by atoms with van der Waals surface area (Å²) in [6, 6.07) is 7.62. The summed E-state index contributed by atoms with van der Waals surface area (Å²) in [5.74, 6) is -1.80. The van der Waals surface area contributed by atoms with E-state index in [-0.39, 0.29) is 36.5 Å². The molecule has 8 bridgehead atoms. The number of carboxylic acid groups (broad SMARTS) is 2. The van der Waals surface area contributed by atoms with Crippen LogP contribution < -0.4 is 9.97 Å². The second-order valence-electron chi connectivity index (χ2n) is 10.9. The topological polar surface area (TPSA) is 149 Å². The van der Waals surface area contributed by atoms with E-state index in [1.54, 1.807) is 19.1 Å². The van der Waals surface area contributed by atoms with Gasteiger partial charge in [0.05, 0.1) is 22.8 Å². The average Bonchev–Trinajstić information content (AvgIpc) is 3.64. The van der Waals surface area contributed by atoms with Crippen LogP contribution in [0.3, 0.4) is 0 Å². The van der Waals surface area contributed by atoms with Crippen LogP contribution in [-0.4, -0.2) is 43.8 Å². The molecule has 0 aliphatic carbocycles. The number of hydrogen-bond donors (Lipinski definition) is 3. The van der Waals surface area contributed by atoms with Crippen LogP contribution in [-0.2, 0) is 33.1 Å². The summed E-state index contributed by atoms with van der Waals surface area (Å²) in [6.07, 6.45) is 4.06. The number of aliphatic hydroxyl groups is 1. The van der Waals surface area contributed by atoms with E-state index < -0.39 is 11.9 Å². The summed E-state index contributed by atoms with van der Waals surface area (Å²) < 4.78 is 0. The molecule has 5 heterocycles. The Balaban J connectivity index is 0.00000139. The summed E-state index contributed by atoms with van der Waals surface area (Å²) in [7, 11) is 0. The molecule has 0 amide bonds. The Morgan fingerprint density at radius 2 is 1.24 bits per heavy atom. The molecular weight excluding hydrogens is 624 g/mol. The summed E-state index contributed by atoms with van der Waals surface area (Å²) >= 11 is 0. The van der Waals surface area contributed by atoms with Gasteiger partial charge in [-0.05, 0) is 69.7 Å². The molecule has 46 heavy (non-hydrogen) atoms. The van der Waals surface area contributed by atoms with E-state index >= 15 is 0 Å². The van der Waals surface area contributed by atoms with Gasteiger partial charge in [-0.15, -0.1) is 22.1 Å². The molecule has 0 radical (unpaired) electrons. The molecule has 2 aliphatic rings. The predicted octanol–water partition coefficient (Wildman–Crippen LogP) is 6.76. The molecule has 0 atom stereocenters. The van der Waals surface area contributed by atoms with Crippen LogP contribution in [0.25, 0.3) is 50.4 Å². The summed E-state index contributed by atoms with van der Waals surface area (Å²) in [5.41, 5.74) is 12.6. The maximum absolute atomic E-state index is 11.5. The van der Waals surface area contributed by atoms with Crippen molar-refractivity contribution in [2.75, 3.05) is 6.61 Å². The van der Waals surface area contributed by atoms with Gasteiger partial charge in [0.15, 0.2) is 0 Å². The van der Waals surface area contributed by atoms with Gasteiger partial charge in [0.25, 0.3) is 0 Å². The van der Waals surface area contributed by atoms with E-state index in [0.29, 0.717) is 40.8 Å². The zero-order chi connectivity index (χ0) is 33.0. The maximum atomic E-state index is 11.5. The minimum Gasteiger partial charge on any atom is -0.657 e. The van der Waals surface area contributed by atoms with E-state index in [9.17, 15) is 19.8 Å². The third-order valence-electron chi connectivity index (χ3n) is 8.06. The Hall–Kier alpha value is -4.50. The van der Waals surface area contributed by atoms with E-state index in [1.807, 2.05) is 52.0 Å². The first kappa shape index (κ1) is 36.0. The minimum absolute atomic E-state index is 0. The summed E-state index contributed by atoms with van der Waals surface area (Å²) in [4.78, 5) is 42.7. The Labute approximate surface area is 279 Å². The number of aromatic nitrogens is 4. The molecular formula is C36H38FeN4O5. The first-order chi connectivity index (χ1) is 21.4. The average molecular weight is 663 g/mol. The number of fused-ring (bicyclic) bond motifs is 8. The molecule has 0 unspecified atom stereocenters. The Bertz CT molecular complexity index is 1940.